The minimum absolute atomic E-state index is 0.0986. The molecule has 0 saturated carbocycles. The van der Waals surface area contributed by atoms with Gasteiger partial charge in [0, 0.05) is 24.4 Å². The smallest absolute Gasteiger partial charge is 0.221 e. The normalized spacial score (nSPS) is 10.5. The number of aryl methyl sites for hydroxylation is 1. The average Bonchev–Trinajstić information content (AvgIpc) is 3.01. The Bertz CT molecular complexity index is 811. The van der Waals surface area contributed by atoms with E-state index in [2.05, 4.69) is 26.6 Å². The van der Waals surface area contributed by atoms with Crippen molar-refractivity contribution >= 4 is 11.6 Å². The summed E-state index contributed by atoms with van der Waals surface area (Å²) in [5.41, 5.74) is 3.72. The Balaban J connectivity index is 2.11. The third-order valence-corrected chi connectivity index (χ3v) is 3.16. The minimum Gasteiger partial charge on any atom is -0.326 e. The Morgan fingerprint density at radius 2 is 1.95 bits per heavy atom. The second-order valence-electron chi connectivity index (χ2n) is 5.01. The number of hydrogen-bond donors (Lipinski definition) is 1. The van der Waals surface area contributed by atoms with Crippen LogP contribution in [0.5, 0.6) is 0 Å². The lowest BCUT2D eigenvalue weighted by Gasteiger charge is -2.11. The van der Waals surface area contributed by atoms with Crippen LogP contribution in [0.3, 0.4) is 0 Å². The summed E-state index contributed by atoms with van der Waals surface area (Å²) in [7, 11) is 0. The van der Waals surface area contributed by atoms with E-state index >= 15 is 0 Å². The number of amides is 1. The van der Waals surface area contributed by atoms with Gasteiger partial charge in [0.25, 0.3) is 0 Å². The summed E-state index contributed by atoms with van der Waals surface area (Å²) in [5.74, 6) is 0.647. The zero-order valence-electron chi connectivity index (χ0n) is 12.3. The molecule has 0 bridgehead atoms. The van der Waals surface area contributed by atoms with Crippen molar-refractivity contribution in [3.8, 4) is 16.9 Å². The molecule has 2 aromatic heterocycles. The summed E-state index contributed by atoms with van der Waals surface area (Å²) < 4.78 is 1.76. The lowest BCUT2D eigenvalue weighted by Crippen LogP contribution is -2.05. The Morgan fingerprint density at radius 1 is 1.18 bits per heavy atom. The molecule has 0 unspecified atom stereocenters. The number of aromatic nitrogens is 4. The predicted molar refractivity (Wildman–Crippen MR) is 83.6 cm³/mol. The van der Waals surface area contributed by atoms with Crippen LogP contribution in [0.1, 0.15) is 12.5 Å². The van der Waals surface area contributed by atoms with Gasteiger partial charge in [-0.25, -0.2) is 4.98 Å². The SMILES string of the molecule is CC(=O)Nc1cccc(-c2cc(C)cnc2-n2cnnc2)c1. The summed E-state index contributed by atoms with van der Waals surface area (Å²) >= 11 is 0. The lowest BCUT2D eigenvalue weighted by molar-refractivity contribution is -0.114. The molecule has 0 spiro atoms. The molecule has 0 radical (unpaired) electrons. The Labute approximate surface area is 127 Å². The Kier molecular flexibility index (Phi) is 3.65. The number of carbonyl (C=O) groups excluding carboxylic acids is 1. The number of carbonyl (C=O) groups is 1. The first-order valence-electron chi connectivity index (χ1n) is 6.83. The third-order valence-electron chi connectivity index (χ3n) is 3.16. The molecule has 110 valence electrons. The molecule has 1 aromatic carbocycles. The van der Waals surface area contributed by atoms with Gasteiger partial charge in [0.2, 0.25) is 5.91 Å². The maximum Gasteiger partial charge on any atom is 0.221 e. The van der Waals surface area contributed by atoms with Crippen LogP contribution in [0.25, 0.3) is 16.9 Å². The summed E-state index contributed by atoms with van der Waals surface area (Å²) in [6.45, 7) is 3.48. The van der Waals surface area contributed by atoms with E-state index in [-0.39, 0.29) is 5.91 Å². The molecule has 0 fully saturated rings. The van der Waals surface area contributed by atoms with E-state index in [4.69, 9.17) is 0 Å². The van der Waals surface area contributed by atoms with E-state index in [0.29, 0.717) is 0 Å². The van der Waals surface area contributed by atoms with Crippen molar-refractivity contribution in [2.45, 2.75) is 13.8 Å². The first-order valence-corrected chi connectivity index (χ1v) is 6.83. The maximum absolute atomic E-state index is 11.2. The molecule has 3 aromatic rings. The number of anilines is 1. The standard InChI is InChI=1S/C16H15N5O/c1-11-6-15(16(17-8-11)21-9-18-19-10-21)13-4-3-5-14(7-13)20-12(2)22/h3-10H,1-2H3,(H,20,22). The summed E-state index contributed by atoms with van der Waals surface area (Å²) in [5, 5.41) is 10.5. The van der Waals surface area contributed by atoms with Crippen molar-refractivity contribution in [2.75, 3.05) is 5.32 Å². The van der Waals surface area contributed by atoms with E-state index in [1.54, 1.807) is 23.4 Å². The first-order chi connectivity index (χ1) is 10.6. The molecule has 22 heavy (non-hydrogen) atoms. The van der Waals surface area contributed by atoms with Crippen molar-refractivity contribution in [1.29, 1.82) is 0 Å². The summed E-state index contributed by atoms with van der Waals surface area (Å²) in [6, 6.07) is 9.71. The number of benzene rings is 1. The Morgan fingerprint density at radius 3 is 2.68 bits per heavy atom. The number of nitrogens with zero attached hydrogens (tertiary/aromatic N) is 4. The lowest BCUT2D eigenvalue weighted by atomic mass is 10.0. The predicted octanol–water partition coefficient (Wildman–Crippen LogP) is 2.60. The fraction of sp³-hybridized carbons (Fsp3) is 0.125. The number of pyridine rings is 1. The summed E-state index contributed by atoms with van der Waals surface area (Å²) in [6.07, 6.45) is 5.02. The molecule has 3 rings (SSSR count). The molecule has 1 amide bonds. The van der Waals surface area contributed by atoms with Gasteiger partial charge < -0.3 is 5.32 Å². The van der Waals surface area contributed by atoms with Gasteiger partial charge in [-0.3, -0.25) is 9.36 Å². The fourth-order valence-corrected chi connectivity index (χ4v) is 2.26. The van der Waals surface area contributed by atoms with Gasteiger partial charge in [-0.1, -0.05) is 12.1 Å². The van der Waals surface area contributed by atoms with Crippen molar-refractivity contribution in [2.24, 2.45) is 0 Å². The molecule has 0 atom stereocenters. The minimum atomic E-state index is -0.0986. The first kappa shape index (κ1) is 13.9. The topological polar surface area (TPSA) is 72.7 Å². The molecule has 1 N–H and O–H groups in total. The van der Waals surface area contributed by atoms with E-state index < -0.39 is 0 Å². The second-order valence-corrected chi connectivity index (χ2v) is 5.01. The summed E-state index contributed by atoms with van der Waals surface area (Å²) in [4.78, 5) is 15.7. The largest absolute Gasteiger partial charge is 0.326 e. The highest BCUT2D eigenvalue weighted by molar-refractivity contribution is 5.89. The monoisotopic (exact) mass is 293 g/mol. The highest BCUT2D eigenvalue weighted by Crippen LogP contribution is 2.28. The molecular weight excluding hydrogens is 278 g/mol. The van der Waals surface area contributed by atoms with E-state index in [1.807, 2.05) is 31.2 Å². The van der Waals surface area contributed by atoms with E-state index in [9.17, 15) is 4.79 Å². The van der Waals surface area contributed by atoms with Crippen molar-refractivity contribution in [1.82, 2.24) is 19.7 Å². The highest BCUT2D eigenvalue weighted by Gasteiger charge is 2.10. The molecule has 6 nitrogen and oxygen atoms in total. The Hall–Kier alpha value is -3.02. The van der Waals surface area contributed by atoms with Crippen LogP contribution in [-0.4, -0.2) is 25.7 Å². The van der Waals surface area contributed by atoms with Gasteiger partial charge >= 0.3 is 0 Å². The zero-order valence-corrected chi connectivity index (χ0v) is 12.3. The number of nitrogens with one attached hydrogen (secondary N) is 1. The molecule has 0 aliphatic carbocycles. The molecular formula is C16H15N5O. The van der Waals surface area contributed by atoms with Crippen LogP contribution in [-0.2, 0) is 4.79 Å². The van der Waals surface area contributed by atoms with Crippen molar-refractivity contribution in [3.05, 3.63) is 54.7 Å². The van der Waals surface area contributed by atoms with Crippen LogP contribution < -0.4 is 5.32 Å². The van der Waals surface area contributed by atoms with Gasteiger partial charge in [-0.15, -0.1) is 10.2 Å². The number of hydrogen-bond acceptors (Lipinski definition) is 4. The van der Waals surface area contributed by atoms with Crippen molar-refractivity contribution in [3.63, 3.8) is 0 Å². The van der Waals surface area contributed by atoms with Gasteiger partial charge in [0.05, 0.1) is 0 Å². The fourth-order valence-electron chi connectivity index (χ4n) is 2.26. The molecule has 0 aliphatic rings. The maximum atomic E-state index is 11.2. The van der Waals surface area contributed by atoms with Crippen molar-refractivity contribution < 1.29 is 4.79 Å². The molecule has 2 heterocycles. The molecule has 0 aliphatic heterocycles. The van der Waals surface area contributed by atoms with Crippen LogP contribution >= 0.6 is 0 Å². The molecule has 0 saturated heterocycles. The van der Waals surface area contributed by atoms with Crippen LogP contribution in [0.15, 0.2) is 49.2 Å². The van der Waals surface area contributed by atoms with Gasteiger partial charge in [0.15, 0.2) is 0 Å². The van der Waals surface area contributed by atoms with Crippen LogP contribution in [0, 0.1) is 6.92 Å². The van der Waals surface area contributed by atoms with E-state index in [1.165, 1.54) is 6.92 Å². The third kappa shape index (κ3) is 2.85. The highest BCUT2D eigenvalue weighted by atomic mass is 16.1. The second kappa shape index (κ2) is 5.77. The zero-order chi connectivity index (χ0) is 15.5. The number of rotatable bonds is 3. The van der Waals surface area contributed by atoms with E-state index in [0.717, 1.165) is 28.2 Å². The van der Waals surface area contributed by atoms with Gasteiger partial charge in [0.1, 0.15) is 18.5 Å². The van der Waals surface area contributed by atoms with Gasteiger partial charge in [-0.05, 0) is 36.2 Å². The quantitative estimate of drug-likeness (QED) is 0.805. The van der Waals surface area contributed by atoms with Crippen LogP contribution in [0.4, 0.5) is 5.69 Å². The molecule has 6 heteroatoms. The average molecular weight is 293 g/mol. The van der Waals surface area contributed by atoms with Crippen LogP contribution in [0.2, 0.25) is 0 Å². The van der Waals surface area contributed by atoms with Gasteiger partial charge in [-0.2, -0.15) is 0 Å².